The summed E-state index contributed by atoms with van der Waals surface area (Å²) in [7, 11) is 5.51. The van der Waals surface area contributed by atoms with E-state index < -0.39 is 5.91 Å². The van der Waals surface area contributed by atoms with E-state index in [-0.39, 0.29) is 11.6 Å². The van der Waals surface area contributed by atoms with E-state index in [2.05, 4.69) is 5.32 Å². The quantitative estimate of drug-likeness (QED) is 0.558. The van der Waals surface area contributed by atoms with Crippen LogP contribution in [-0.4, -0.2) is 33.0 Å². The minimum Gasteiger partial charge on any atom is -0.497 e. The smallest absolute Gasteiger partial charge is 0.282 e. The van der Waals surface area contributed by atoms with Crippen LogP contribution in [-0.2, 0) is 9.59 Å². The lowest BCUT2D eigenvalue weighted by atomic mass is 9.97. The van der Waals surface area contributed by atoms with Crippen molar-refractivity contribution < 1.29 is 14.3 Å². The molecule has 1 heterocycles. The molecule has 0 spiro atoms. The highest BCUT2D eigenvalue weighted by Gasteiger charge is 2.40. The SMILES string of the molecule is COc1ccc(N2C(=O)C(Nc3ccc(N(C)C)cc3)=C(c3ccc(C)cc3C)C2=O)cc1. The number of carbonyl (C=O) groups excluding carboxylic acids is 2. The van der Waals surface area contributed by atoms with E-state index in [1.54, 1.807) is 31.4 Å². The minimum atomic E-state index is -0.392. The Hall–Kier alpha value is -4.06. The first kappa shape index (κ1) is 22.1. The maximum absolute atomic E-state index is 13.6. The average molecular weight is 442 g/mol. The Morgan fingerprint density at radius 3 is 2.09 bits per heavy atom. The first-order valence-electron chi connectivity index (χ1n) is 10.7. The molecule has 1 N–H and O–H groups in total. The number of methoxy groups -OCH3 is 1. The molecule has 0 aliphatic carbocycles. The molecule has 0 bridgehead atoms. The van der Waals surface area contributed by atoms with Gasteiger partial charge < -0.3 is 15.0 Å². The molecular formula is C27H27N3O3. The summed E-state index contributed by atoms with van der Waals surface area (Å²) in [6, 6.07) is 20.5. The molecule has 2 amide bonds. The van der Waals surface area contributed by atoms with Gasteiger partial charge in [-0.3, -0.25) is 9.59 Å². The van der Waals surface area contributed by atoms with Crippen molar-refractivity contribution >= 4 is 34.4 Å². The van der Waals surface area contributed by atoms with Crippen molar-refractivity contribution in [3.05, 3.63) is 89.1 Å². The summed E-state index contributed by atoms with van der Waals surface area (Å²) < 4.78 is 5.21. The fourth-order valence-corrected chi connectivity index (χ4v) is 3.94. The molecular weight excluding hydrogens is 414 g/mol. The first-order chi connectivity index (χ1) is 15.8. The third-order valence-corrected chi connectivity index (χ3v) is 5.72. The van der Waals surface area contributed by atoms with Crippen molar-refractivity contribution in [2.24, 2.45) is 0 Å². The molecule has 1 aliphatic rings. The number of benzene rings is 3. The predicted molar refractivity (Wildman–Crippen MR) is 133 cm³/mol. The van der Waals surface area contributed by atoms with Crippen molar-refractivity contribution in [2.75, 3.05) is 36.3 Å². The highest BCUT2D eigenvalue weighted by atomic mass is 16.5. The van der Waals surface area contributed by atoms with Crippen LogP contribution >= 0.6 is 0 Å². The molecule has 6 heteroatoms. The van der Waals surface area contributed by atoms with E-state index in [4.69, 9.17) is 4.74 Å². The number of hydrogen-bond donors (Lipinski definition) is 1. The van der Waals surface area contributed by atoms with Gasteiger partial charge in [0.1, 0.15) is 11.4 Å². The Bertz CT molecular complexity index is 1240. The molecule has 0 saturated carbocycles. The molecule has 0 atom stereocenters. The van der Waals surface area contributed by atoms with E-state index in [1.807, 2.05) is 75.3 Å². The van der Waals surface area contributed by atoms with Gasteiger partial charge in [-0.25, -0.2) is 4.90 Å². The second kappa shape index (κ2) is 8.82. The molecule has 168 valence electrons. The van der Waals surface area contributed by atoms with Crippen molar-refractivity contribution in [2.45, 2.75) is 13.8 Å². The third-order valence-electron chi connectivity index (χ3n) is 5.72. The number of anilines is 3. The summed E-state index contributed by atoms with van der Waals surface area (Å²) >= 11 is 0. The Morgan fingerprint density at radius 2 is 1.52 bits per heavy atom. The minimum absolute atomic E-state index is 0.264. The van der Waals surface area contributed by atoms with Crippen molar-refractivity contribution in [1.82, 2.24) is 0 Å². The van der Waals surface area contributed by atoms with Crippen LogP contribution in [0.5, 0.6) is 5.75 Å². The number of nitrogens with one attached hydrogen (secondary N) is 1. The topological polar surface area (TPSA) is 61.9 Å². The fourth-order valence-electron chi connectivity index (χ4n) is 3.94. The van der Waals surface area contributed by atoms with Crippen LogP contribution in [0.15, 0.2) is 72.4 Å². The lowest BCUT2D eigenvalue weighted by molar-refractivity contribution is -0.120. The van der Waals surface area contributed by atoms with E-state index in [1.165, 1.54) is 4.90 Å². The highest BCUT2D eigenvalue weighted by molar-refractivity contribution is 6.46. The molecule has 0 unspecified atom stereocenters. The molecule has 33 heavy (non-hydrogen) atoms. The zero-order valence-corrected chi connectivity index (χ0v) is 19.5. The van der Waals surface area contributed by atoms with Gasteiger partial charge in [0.15, 0.2) is 0 Å². The number of imide groups is 1. The molecule has 3 aromatic carbocycles. The predicted octanol–water partition coefficient (Wildman–Crippen LogP) is 4.77. The van der Waals surface area contributed by atoms with Gasteiger partial charge in [-0.15, -0.1) is 0 Å². The van der Waals surface area contributed by atoms with Crippen LogP contribution in [0.3, 0.4) is 0 Å². The van der Waals surface area contributed by atoms with Gasteiger partial charge in [-0.2, -0.15) is 0 Å². The van der Waals surface area contributed by atoms with Crippen LogP contribution < -0.4 is 19.9 Å². The zero-order chi connectivity index (χ0) is 23.7. The Kier molecular flexibility index (Phi) is 5.92. The van der Waals surface area contributed by atoms with Crippen LogP contribution in [0, 0.1) is 13.8 Å². The standard InChI is InChI=1S/C27H27N3O3/c1-17-6-15-23(18(2)16-17)24-25(28-19-7-9-20(10-8-19)29(3)4)27(32)30(26(24)31)21-11-13-22(33-5)14-12-21/h6-16,28H,1-5H3. The van der Waals surface area contributed by atoms with E-state index >= 15 is 0 Å². The number of hydrogen-bond acceptors (Lipinski definition) is 5. The van der Waals surface area contributed by atoms with Crippen LogP contribution in [0.2, 0.25) is 0 Å². The molecule has 0 aromatic heterocycles. The lowest BCUT2D eigenvalue weighted by Gasteiger charge is -2.16. The molecule has 4 rings (SSSR count). The fraction of sp³-hybridized carbons (Fsp3) is 0.185. The number of rotatable bonds is 6. The summed E-state index contributed by atoms with van der Waals surface area (Å²) in [6.07, 6.45) is 0. The third kappa shape index (κ3) is 4.20. The number of carbonyl (C=O) groups is 2. The Morgan fingerprint density at radius 1 is 0.848 bits per heavy atom. The Labute approximate surface area is 194 Å². The van der Waals surface area contributed by atoms with Gasteiger partial charge in [0.25, 0.3) is 11.8 Å². The van der Waals surface area contributed by atoms with Crippen LogP contribution in [0.4, 0.5) is 17.1 Å². The normalized spacial score (nSPS) is 13.5. The molecule has 6 nitrogen and oxygen atoms in total. The summed E-state index contributed by atoms with van der Waals surface area (Å²) in [6.45, 7) is 3.95. The zero-order valence-electron chi connectivity index (χ0n) is 19.5. The monoisotopic (exact) mass is 441 g/mol. The number of amides is 2. The Balaban J connectivity index is 1.79. The van der Waals surface area contributed by atoms with Crippen LogP contribution in [0.1, 0.15) is 16.7 Å². The van der Waals surface area contributed by atoms with Gasteiger partial charge in [0.2, 0.25) is 0 Å². The summed E-state index contributed by atoms with van der Waals surface area (Å²) in [4.78, 5) is 30.4. The maximum Gasteiger partial charge on any atom is 0.282 e. The van der Waals surface area contributed by atoms with E-state index in [0.29, 0.717) is 17.0 Å². The molecule has 1 aliphatic heterocycles. The van der Waals surface area contributed by atoms with Crippen LogP contribution in [0.25, 0.3) is 5.57 Å². The summed E-state index contributed by atoms with van der Waals surface area (Å²) in [5.41, 5.74) is 5.66. The molecule has 0 radical (unpaired) electrons. The second-order valence-electron chi connectivity index (χ2n) is 8.28. The van der Waals surface area contributed by atoms with Crippen molar-refractivity contribution in [1.29, 1.82) is 0 Å². The highest BCUT2D eigenvalue weighted by Crippen LogP contribution is 2.36. The van der Waals surface area contributed by atoms with Crippen molar-refractivity contribution in [3.8, 4) is 5.75 Å². The van der Waals surface area contributed by atoms with Gasteiger partial charge >= 0.3 is 0 Å². The van der Waals surface area contributed by atoms with Gasteiger partial charge in [0.05, 0.1) is 18.4 Å². The van der Waals surface area contributed by atoms with Gasteiger partial charge in [-0.1, -0.05) is 23.8 Å². The average Bonchev–Trinajstić information content (AvgIpc) is 3.03. The number of aryl methyl sites for hydroxylation is 2. The molecule has 3 aromatic rings. The molecule has 0 saturated heterocycles. The first-order valence-corrected chi connectivity index (χ1v) is 10.7. The van der Waals surface area contributed by atoms with E-state index in [9.17, 15) is 9.59 Å². The molecule has 0 fully saturated rings. The van der Waals surface area contributed by atoms with E-state index in [0.717, 1.165) is 28.1 Å². The number of nitrogens with zero attached hydrogens (tertiary/aromatic N) is 2. The second-order valence-corrected chi connectivity index (χ2v) is 8.28. The number of ether oxygens (including phenoxy) is 1. The van der Waals surface area contributed by atoms with Gasteiger partial charge in [-0.05, 0) is 73.5 Å². The summed E-state index contributed by atoms with van der Waals surface area (Å²) in [5.74, 6) is -0.0962. The van der Waals surface area contributed by atoms with Crippen molar-refractivity contribution in [3.63, 3.8) is 0 Å². The van der Waals surface area contributed by atoms with Gasteiger partial charge in [0, 0.05) is 25.5 Å². The maximum atomic E-state index is 13.6. The largest absolute Gasteiger partial charge is 0.497 e. The lowest BCUT2D eigenvalue weighted by Crippen LogP contribution is -2.32. The summed E-state index contributed by atoms with van der Waals surface area (Å²) in [5, 5.41) is 3.22.